The van der Waals surface area contributed by atoms with Crippen LogP contribution in [-0.2, 0) is 7.05 Å². The zero-order valence-corrected chi connectivity index (χ0v) is 14.7. The normalized spacial score (nSPS) is 12.0. The third-order valence-corrected chi connectivity index (χ3v) is 4.62. The molecule has 1 atom stereocenters. The fourth-order valence-electron chi connectivity index (χ4n) is 2.53. The molecule has 0 aliphatic rings. The third kappa shape index (κ3) is 3.52. The molecule has 128 valence electrons. The Labute approximate surface area is 154 Å². The van der Waals surface area contributed by atoms with E-state index in [1.54, 1.807) is 60.4 Å². The summed E-state index contributed by atoms with van der Waals surface area (Å²) in [5, 5.41) is 3.22. The van der Waals surface area contributed by atoms with Gasteiger partial charge in [0.25, 0.3) is 5.91 Å². The highest BCUT2D eigenvalue weighted by Crippen LogP contribution is 2.28. The Morgan fingerprint density at radius 3 is 2.64 bits per heavy atom. The maximum absolute atomic E-state index is 14.3. The molecule has 0 saturated carbocycles. The molecule has 1 aromatic heterocycles. The molecule has 0 unspecified atom stereocenters. The predicted molar refractivity (Wildman–Crippen MR) is 95.4 cm³/mol. The Kier molecular flexibility index (Phi) is 5.06. The molecule has 0 saturated heterocycles. The molecule has 0 spiro atoms. The Morgan fingerprint density at radius 2 is 1.96 bits per heavy atom. The lowest BCUT2D eigenvalue weighted by Crippen LogP contribution is -2.32. The smallest absolute Gasteiger partial charge is 0.253 e. The minimum atomic E-state index is -0.774. The average Bonchev–Trinajstić information content (AvgIpc) is 3.01. The van der Waals surface area contributed by atoms with E-state index in [-0.39, 0.29) is 15.6 Å². The Balaban J connectivity index is 2.02. The van der Waals surface area contributed by atoms with Gasteiger partial charge in [-0.15, -0.1) is 0 Å². The Hall–Kier alpha value is -2.37. The molecule has 1 heterocycles. The summed E-state index contributed by atoms with van der Waals surface area (Å²) in [6.07, 6.45) is 3.31. The summed E-state index contributed by atoms with van der Waals surface area (Å²) in [6, 6.07) is 10.2. The minimum absolute atomic E-state index is 0.147. The lowest BCUT2D eigenvalue weighted by molar-refractivity contribution is 0.0941. The highest BCUT2D eigenvalue weighted by atomic mass is 35.5. The molecule has 4 nitrogen and oxygen atoms in total. The topological polar surface area (TPSA) is 46.9 Å². The van der Waals surface area contributed by atoms with E-state index in [9.17, 15) is 9.18 Å². The van der Waals surface area contributed by atoms with E-state index >= 15 is 0 Å². The highest BCUT2D eigenvalue weighted by Gasteiger charge is 2.25. The second-order valence-electron chi connectivity index (χ2n) is 5.43. The summed E-state index contributed by atoms with van der Waals surface area (Å²) in [4.78, 5) is 16.9. The van der Waals surface area contributed by atoms with E-state index in [2.05, 4.69) is 10.3 Å². The number of carbonyl (C=O) groups is 1. The lowest BCUT2D eigenvalue weighted by atomic mass is 10.0. The van der Waals surface area contributed by atoms with E-state index in [0.717, 1.165) is 0 Å². The van der Waals surface area contributed by atoms with Crippen LogP contribution in [0.15, 0.2) is 54.9 Å². The molecule has 0 aliphatic carbocycles. The van der Waals surface area contributed by atoms with E-state index in [1.807, 2.05) is 0 Å². The molecule has 1 N–H and O–H groups in total. The molecule has 0 fully saturated rings. The van der Waals surface area contributed by atoms with E-state index in [0.29, 0.717) is 11.4 Å². The first-order valence-corrected chi connectivity index (χ1v) is 8.21. The summed E-state index contributed by atoms with van der Waals surface area (Å²) in [5.41, 5.74) is 0.521. The van der Waals surface area contributed by atoms with Crippen LogP contribution < -0.4 is 5.32 Å². The van der Waals surface area contributed by atoms with E-state index < -0.39 is 17.8 Å². The van der Waals surface area contributed by atoms with Crippen LogP contribution in [0.3, 0.4) is 0 Å². The number of hydrogen-bond donors (Lipinski definition) is 1. The van der Waals surface area contributed by atoms with Gasteiger partial charge in [0.15, 0.2) is 0 Å². The number of aryl methyl sites for hydroxylation is 1. The number of nitrogens with one attached hydrogen (secondary N) is 1. The number of amides is 1. The van der Waals surface area contributed by atoms with Gasteiger partial charge in [-0.2, -0.15) is 0 Å². The molecular formula is C18H14Cl2FN3O. The van der Waals surface area contributed by atoms with Gasteiger partial charge in [0.2, 0.25) is 0 Å². The van der Waals surface area contributed by atoms with Crippen LogP contribution in [0.4, 0.5) is 4.39 Å². The zero-order valence-electron chi connectivity index (χ0n) is 13.2. The van der Waals surface area contributed by atoms with Gasteiger partial charge >= 0.3 is 0 Å². The monoisotopic (exact) mass is 377 g/mol. The van der Waals surface area contributed by atoms with Gasteiger partial charge in [-0.1, -0.05) is 47.5 Å². The number of benzene rings is 2. The number of hydrogen-bond acceptors (Lipinski definition) is 2. The number of imidazole rings is 1. The van der Waals surface area contributed by atoms with Crippen LogP contribution in [0.1, 0.15) is 27.8 Å². The zero-order chi connectivity index (χ0) is 18.0. The Morgan fingerprint density at radius 1 is 1.20 bits per heavy atom. The van der Waals surface area contributed by atoms with Crippen molar-refractivity contribution in [3.63, 3.8) is 0 Å². The van der Waals surface area contributed by atoms with Crippen molar-refractivity contribution in [1.29, 1.82) is 0 Å². The molecule has 1 amide bonds. The first-order chi connectivity index (χ1) is 12.0. The maximum atomic E-state index is 14.3. The molecule has 25 heavy (non-hydrogen) atoms. The number of carbonyl (C=O) groups excluding carboxylic acids is 1. The van der Waals surface area contributed by atoms with Crippen molar-refractivity contribution in [3.05, 3.63) is 87.7 Å². The van der Waals surface area contributed by atoms with Gasteiger partial charge in [0.1, 0.15) is 17.7 Å². The van der Waals surface area contributed by atoms with Crippen LogP contribution in [0.5, 0.6) is 0 Å². The van der Waals surface area contributed by atoms with E-state index in [1.165, 1.54) is 6.07 Å². The largest absolute Gasteiger partial charge is 0.338 e. The van der Waals surface area contributed by atoms with Crippen molar-refractivity contribution in [2.45, 2.75) is 6.04 Å². The number of rotatable bonds is 4. The van der Waals surface area contributed by atoms with Crippen LogP contribution >= 0.6 is 23.2 Å². The quantitative estimate of drug-likeness (QED) is 0.732. The van der Waals surface area contributed by atoms with Gasteiger partial charge in [-0.3, -0.25) is 4.79 Å². The molecule has 3 aromatic rings. The lowest BCUT2D eigenvalue weighted by Gasteiger charge is -2.20. The maximum Gasteiger partial charge on any atom is 0.253 e. The summed E-state index contributed by atoms with van der Waals surface area (Å²) >= 11 is 12.1. The summed E-state index contributed by atoms with van der Waals surface area (Å²) in [5.74, 6) is -0.409. The third-order valence-electron chi connectivity index (χ3n) is 3.80. The minimum Gasteiger partial charge on any atom is -0.338 e. The number of aromatic nitrogens is 2. The fraction of sp³-hybridized carbons (Fsp3) is 0.111. The summed E-state index contributed by atoms with van der Waals surface area (Å²) < 4.78 is 16.0. The van der Waals surface area contributed by atoms with Crippen molar-refractivity contribution in [2.24, 2.45) is 7.05 Å². The fourth-order valence-corrected chi connectivity index (χ4v) is 2.92. The van der Waals surface area contributed by atoms with Crippen LogP contribution in [0.2, 0.25) is 10.0 Å². The molecular weight excluding hydrogens is 364 g/mol. The van der Waals surface area contributed by atoms with Crippen molar-refractivity contribution >= 4 is 29.1 Å². The first-order valence-electron chi connectivity index (χ1n) is 7.45. The first kappa shape index (κ1) is 17.5. The van der Waals surface area contributed by atoms with Crippen molar-refractivity contribution < 1.29 is 9.18 Å². The molecule has 2 aromatic carbocycles. The van der Waals surface area contributed by atoms with Gasteiger partial charge in [0.05, 0.1) is 15.6 Å². The van der Waals surface area contributed by atoms with Gasteiger partial charge in [-0.25, -0.2) is 9.37 Å². The summed E-state index contributed by atoms with van der Waals surface area (Å²) in [7, 11) is 1.77. The SMILES string of the molecule is Cn1ccnc1[C@H](NC(=O)c1cccc(Cl)c1Cl)c1ccccc1F. The predicted octanol–water partition coefficient (Wildman–Crippen LogP) is 4.39. The summed E-state index contributed by atoms with van der Waals surface area (Å²) in [6.45, 7) is 0. The Bertz CT molecular complexity index is 926. The number of nitrogens with zero attached hydrogens (tertiary/aromatic N) is 2. The standard InChI is InChI=1S/C18H14Cl2FN3O/c1-24-10-9-22-17(24)16(11-5-2-3-8-14(11)21)23-18(25)12-6-4-7-13(19)15(12)20/h2-10,16H,1H3,(H,23,25)/t16-/m1/s1. The van der Waals surface area contributed by atoms with Crippen LogP contribution in [0.25, 0.3) is 0 Å². The average molecular weight is 378 g/mol. The molecule has 7 heteroatoms. The molecule has 0 bridgehead atoms. The molecule has 0 aliphatic heterocycles. The highest BCUT2D eigenvalue weighted by molar-refractivity contribution is 6.43. The molecule has 3 rings (SSSR count). The van der Waals surface area contributed by atoms with Gasteiger partial charge in [-0.05, 0) is 18.2 Å². The second-order valence-corrected chi connectivity index (χ2v) is 6.21. The van der Waals surface area contributed by atoms with Gasteiger partial charge in [0, 0.05) is 25.0 Å². The van der Waals surface area contributed by atoms with Crippen LogP contribution in [0, 0.1) is 5.82 Å². The number of halogens is 3. The van der Waals surface area contributed by atoms with E-state index in [4.69, 9.17) is 23.2 Å². The van der Waals surface area contributed by atoms with Crippen molar-refractivity contribution in [3.8, 4) is 0 Å². The second kappa shape index (κ2) is 7.25. The van der Waals surface area contributed by atoms with Crippen LogP contribution in [-0.4, -0.2) is 15.5 Å². The van der Waals surface area contributed by atoms with Gasteiger partial charge < -0.3 is 9.88 Å². The van der Waals surface area contributed by atoms with Crippen molar-refractivity contribution in [1.82, 2.24) is 14.9 Å². The molecule has 0 radical (unpaired) electrons. The van der Waals surface area contributed by atoms with Crippen molar-refractivity contribution in [2.75, 3.05) is 0 Å².